The number of carboxylic acid groups (broad SMARTS) is 1. The van der Waals surface area contributed by atoms with Crippen LogP contribution in [0.1, 0.15) is 26.4 Å². The average Bonchev–Trinajstić information content (AvgIpc) is 2.70. The van der Waals surface area contributed by atoms with Crippen molar-refractivity contribution in [1.29, 1.82) is 0 Å². The molecule has 0 aliphatic carbocycles. The molecule has 0 unspecified atom stereocenters. The minimum absolute atomic E-state index is 0.0448. The molecule has 0 fully saturated rings. The van der Waals surface area contributed by atoms with Crippen molar-refractivity contribution in [1.82, 2.24) is 4.98 Å². The molecule has 0 saturated carbocycles. The van der Waals surface area contributed by atoms with Crippen LogP contribution in [0.3, 0.4) is 0 Å². The van der Waals surface area contributed by atoms with Crippen LogP contribution in [-0.4, -0.2) is 22.0 Å². The Balaban J connectivity index is 2.31. The largest absolute Gasteiger partial charge is 0.478 e. The summed E-state index contributed by atoms with van der Waals surface area (Å²) in [4.78, 5) is 26.0. The summed E-state index contributed by atoms with van der Waals surface area (Å²) in [7, 11) is 0. The minimum Gasteiger partial charge on any atom is -0.478 e. The molecule has 1 amide bonds. The number of aryl methyl sites for hydroxylation is 1. The van der Waals surface area contributed by atoms with Gasteiger partial charge in [-0.15, -0.1) is 0 Å². The van der Waals surface area contributed by atoms with Gasteiger partial charge in [-0.25, -0.2) is 4.79 Å². The molecule has 5 nitrogen and oxygen atoms in total. The molecule has 2 aromatic rings. The van der Waals surface area contributed by atoms with Gasteiger partial charge in [0.25, 0.3) is 5.91 Å². The number of carboxylic acids is 1. The highest BCUT2D eigenvalue weighted by atomic mass is 79.9. The van der Waals surface area contributed by atoms with E-state index in [0.29, 0.717) is 20.8 Å². The van der Waals surface area contributed by atoms with E-state index in [9.17, 15) is 9.59 Å². The highest BCUT2D eigenvalue weighted by Crippen LogP contribution is 2.24. The quantitative estimate of drug-likeness (QED) is 0.783. The van der Waals surface area contributed by atoms with Crippen LogP contribution in [0.4, 0.5) is 5.69 Å². The molecule has 0 bridgehead atoms. The van der Waals surface area contributed by atoms with Gasteiger partial charge in [0.2, 0.25) is 0 Å². The fourth-order valence-electron chi connectivity index (χ4n) is 1.76. The number of aromatic carboxylic acids is 1. The van der Waals surface area contributed by atoms with Gasteiger partial charge in [-0.2, -0.15) is 0 Å². The monoisotopic (exact) mass is 356 g/mol. The Bertz CT molecular complexity index is 697. The zero-order valence-electron chi connectivity index (χ0n) is 10.3. The summed E-state index contributed by atoms with van der Waals surface area (Å²) < 4.78 is 0.534. The van der Waals surface area contributed by atoms with E-state index in [1.165, 1.54) is 6.20 Å². The highest BCUT2D eigenvalue weighted by Gasteiger charge is 2.18. The summed E-state index contributed by atoms with van der Waals surface area (Å²) in [5, 5.41) is 12.2. The number of hydrogen-bond acceptors (Lipinski definition) is 2. The second-order valence-corrected chi connectivity index (χ2v) is 5.38. The SMILES string of the molecule is Cc1[nH]cc(NC(=O)c2ccc(Cl)cc2Br)c1C(=O)O. The van der Waals surface area contributed by atoms with Gasteiger partial charge in [0.1, 0.15) is 5.56 Å². The third-order valence-corrected chi connectivity index (χ3v) is 3.61. The highest BCUT2D eigenvalue weighted by molar-refractivity contribution is 9.10. The molecule has 0 aliphatic rings. The normalized spacial score (nSPS) is 10.3. The van der Waals surface area contributed by atoms with Crippen molar-refractivity contribution in [3.63, 3.8) is 0 Å². The first-order chi connectivity index (χ1) is 9.40. The van der Waals surface area contributed by atoms with Gasteiger partial charge >= 0.3 is 5.97 Å². The molecule has 3 N–H and O–H groups in total. The second kappa shape index (κ2) is 5.68. The van der Waals surface area contributed by atoms with Crippen LogP contribution in [0.2, 0.25) is 5.02 Å². The number of anilines is 1. The Morgan fingerprint density at radius 1 is 1.40 bits per heavy atom. The van der Waals surface area contributed by atoms with Crippen molar-refractivity contribution < 1.29 is 14.7 Å². The molecule has 0 radical (unpaired) electrons. The lowest BCUT2D eigenvalue weighted by molar-refractivity contribution is 0.0697. The lowest BCUT2D eigenvalue weighted by Crippen LogP contribution is -2.14. The lowest BCUT2D eigenvalue weighted by atomic mass is 10.2. The molecular weight excluding hydrogens is 348 g/mol. The van der Waals surface area contributed by atoms with Gasteiger partial charge in [-0.05, 0) is 41.1 Å². The Morgan fingerprint density at radius 2 is 2.10 bits per heavy atom. The Labute approximate surface area is 128 Å². The number of nitrogens with one attached hydrogen (secondary N) is 2. The van der Waals surface area contributed by atoms with Crippen molar-refractivity contribution in [3.05, 3.63) is 50.7 Å². The van der Waals surface area contributed by atoms with E-state index in [1.807, 2.05) is 0 Å². The predicted molar refractivity (Wildman–Crippen MR) is 79.6 cm³/mol. The number of halogens is 2. The molecule has 2 rings (SSSR count). The zero-order chi connectivity index (χ0) is 14.9. The van der Waals surface area contributed by atoms with Crippen LogP contribution >= 0.6 is 27.5 Å². The molecule has 0 saturated heterocycles. The van der Waals surface area contributed by atoms with Crippen molar-refractivity contribution in [3.8, 4) is 0 Å². The summed E-state index contributed by atoms with van der Waals surface area (Å²) in [5.74, 6) is -1.52. The van der Waals surface area contributed by atoms with Crippen LogP contribution in [-0.2, 0) is 0 Å². The smallest absolute Gasteiger partial charge is 0.339 e. The summed E-state index contributed by atoms with van der Waals surface area (Å²) in [6.45, 7) is 1.62. The van der Waals surface area contributed by atoms with Gasteiger partial charge in [-0.1, -0.05) is 11.6 Å². The number of hydrogen-bond donors (Lipinski definition) is 3. The summed E-state index contributed by atoms with van der Waals surface area (Å²) in [6.07, 6.45) is 1.44. The lowest BCUT2D eigenvalue weighted by Gasteiger charge is -2.07. The van der Waals surface area contributed by atoms with Crippen molar-refractivity contribution in [2.45, 2.75) is 6.92 Å². The van der Waals surface area contributed by atoms with E-state index in [2.05, 4.69) is 26.2 Å². The molecule has 7 heteroatoms. The summed E-state index contributed by atoms with van der Waals surface area (Å²) in [6, 6.07) is 4.74. The Morgan fingerprint density at radius 3 is 2.70 bits per heavy atom. The van der Waals surface area contributed by atoms with Gasteiger partial charge in [0, 0.05) is 21.4 Å². The Kier molecular flexibility index (Phi) is 4.15. The molecule has 104 valence electrons. The van der Waals surface area contributed by atoms with E-state index < -0.39 is 11.9 Å². The fraction of sp³-hybridized carbons (Fsp3) is 0.0769. The maximum Gasteiger partial charge on any atom is 0.339 e. The minimum atomic E-state index is -1.10. The third kappa shape index (κ3) is 2.86. The molecule has 0 aliphatic heterocycles. The van der Waals surface area contributed by atoms with E-state index in [0.717, 1.165) is 0 Å². The fourth-order valence-corrected chi connectivity index (χ4v) is 2.63. The van der Waals surface area contributed by atoms with E-state index in [-0.39, 0.29) is 11.3 Å². The number of rotatable bonds is 3. The molecule has 1 aromatic heterocycles. The summed E-state index contributed by atoms with van der Waals surface area (Å²) >= 11 is 9.05. The number of aromatic amines is 1. The number of carbonyl (C=O) groups is 2. The maximum absolute atomic E-state index is 12.1. The number of amides is 1. The van der Waals surface area contributed by atoms with Crippen molar-refractivity contribution in [2.75, 3.05) is 5.32 Å². The molecular formula is C13H10BrClN2O3. The van der Waals surface area contributed by atoms with Crippen LogP contribution < -0.4 is 5.32 Å². The number of benzene rings is 1. The van der Waals surface area contributed by atoms with Crippen molar-refractivity contribution in [2.24, 2.45) is 0 Å². The van der Waals surface area contributed by atoms with Gasteiger partial charge < -0.3 is 15.4 Å². The van der Waals surface area contributed by atoms with E-state index in [1.54, 1.807) is 25.1 Å². The molecule has 0 atom stereocenters. The van der Waals surface area contributed by atoms with Gasteiger partial charge in [-0.3, -0.25) is 4.79 Å². The number of H-pyrrole nitrogens is 1. The molecule has 1 heterocycles. The maximum atomic E-state index is 12.1. The van der Waals surface area contributed by atoms with Gasteiger partial charge in [0.05, 0.1) is 11.3 Å². The van der Waals surface area contributed by atoms with Crippen LogP contribution in [0.5, 0.6) is 0 Å². The number of aromatic nitrogens is 1. The standard InChI is InChI=1S/C13H10BrClN2O3/c1-6-11(13(19)20)10(5-16-6)17-12(18)8-3-2-7(15)4-9(8)14/h2-5,16H,1H3,(H,17,18)(H,19,20). The van der Waals surface area contributed by atoms with Crippen LogP contribution in [0, 0.1) is 6.92 Å². The number of carbonyl (C=O) groups excluding carboxylic acids is 1. The second-order valence-electron chi connectivity index (χ2n) is 4.09. The van der Waals surface area contributed by atoms with E-state index in [4.69, 9.17) is 16.7 Å². The van der Waals surface area contributed by atoms with Crippen LogP contribution in [0.15, 0.2) is 28.9 Å². The van der Waals surface area contributed by atoms with E-state index >= 15 is 0 Å². The molecule has 0 spiro atoms. The first-order valence-corrected chi connectivity index (χ1v) is 6.75. The van der Waals surface area contributed by atoms with Gasteiger partial charge in [0.15, 0.2) is 0 Å². The topological polar surface area (TPSA) is 82.2 Å². The van der Waals surface area contributed by atoms with Crippen LogP contribution in [0.25, 0.3) is 0 Å². The predicted octanol–water partition coefficient (Wildman–Crippen LogP) is 3.69. The average molecular weight is 358 g/mol. The third-order valence-electron chi connectivity index (χ3n) is 2.72. The Hall–Kier alpha value is -1.79. The first-order valence-electron chi connectivity index (χ1n) is 5.58. The molecule has 20 heavy (non-hydrogen) atoms. The van der Waals surface area contributed by atoms with Crippen molar-refractivity contribution >= 4 is 45.1 Å². The summed E-state index contributed by atoms with van der Waals surface area (Å²) in [5.41, 5.74) is 1.11. The first kappa shape index (κ1) is 14.6. The molecule has 1 aromatic carbocycles. The zero-order valence-corrected chi connectivity index (χ0v) is 12.7.